The highest BCUT2D eigenvalue weighted by Crippen LogP contribution is 2.67. The Morgan fingerprint density at radius 1 is 1.21 bits per heavy atom. The summed E-state index contributed by atoms with van der Waals surface area (Å²) in [5.74, 6) is 1.62. The molecule has 1 N–H and O–H groups in total. The zero-order valence-corrected chi connectivity index (χ0v) is 13.3. The topological polar surface area (TPSA) is 21.3 Å². The quantitative estimate of drug-likeness (QED) is 0.877. The normalized spacial score (nSPS) is 20.3. The molecule has 0 aliphatic heterocycles. The zero-order chi connectivity index (χ0) is 14.3. The van der Waals surface area contributed by atoms with Gasteiger partial charge in [0.2, 0.25) is 0 Å². The van der Waals surface area contributed by atoms with Crippen molar-refractivity contribution in [3.05, 3.63) is 28.8 Å². The predicted octanol–water partition coefficient (Wildman–Crippen LogP) is 4.12. The van der Waals surface area contributed by atoms with Crippen molar-refractivity contribution in [3.63, 3.8) is 0 Å². The number of hydrogen-bond acceptors (Lipinski definition) is 2. The van der Waals surface area contributed by atoms with E-state index >= 15 is 0 Å². The minimum Gasteiger partial charge on any atom is -0.496 e. The van der Waals surface area contributed by atoms with Crippen molar-refractivity contribution in [2.24, 2.45) is 16.7 Å². The minimum atomic E-state index is 0.429. The van der Waals surface area contributed by atoms with E-state index in [2.05, 4.69) is 33.0 Å². The molecule has 0 spiro atoms. The number of halogens is 1. The first-order chi connectivity index (χ1) is 8.80. The molecular formula is C16H24ClNO. The van der Waals surface area contributed by atoms with Gasteiger partial charge in [0.1, 0.15) is 5.75 Å². The molecule has 1 fully saturated rings. The molecule has 0 aromatic heterocycles. The van der Waals surface area contributed by atoms with Crippen LogP contribution in [0.5, 0.6) is 5.75 Å². The van der Waals surface area contributed by atoms with Gasteiger partial charge in [0.25, 0.3) is 0 Å². The Morgan fingerprint density at radius 3 is 2.37 bits per heavy atom. The van der Waals surface area contributed by atoms with Crippen LogP contribution in [0.15, 0.2) is 18.2 Å². The van der Waals surface area contributed by atoms with E-state index in [1.165, 1.54) is 0 Å². The third kappa shape index (κ3) is 2.61. The Balaban J connectivity index is 1.92. The highest BCUT2D eigenvalue weighted by molar-refractivity contribution is 6.30. The molecule has 2 nitrogen and oxygen atoms in total. The second-order valence-electron chi connectivity index (χ2n) is 6.58. The molecule has 1 aliphatic carbocycles. The van der Waals surface area contributed by atoms with Crippen molar-refractivity contribution in [2.75, 3.05) is 13.7 Å². The monoisotopic (exact) mass is 281 g/mol. The molecule has 3 heteroatoms. The molecule has 0 saturated heterocycles. The van der Waals surface area contributed by atoms with Crippen LogP contribution in [0.1, 0.15) is 33.3 Å². The largest absolute Gasteiger partial charge is 0.496 e. The van der Waals surface area contributed by atoms with Crippen LogP contribution in [-0.4, -0.2) is 13.7 Å². The van der Waals surface area contributed by atoms with E-state index in [9.17, 15) is 0 Å². The van der Waals surface area contributed by atoms with Gasteiger partial charge in [-0.25, -0.2) is 0 Å². The van der Waals surface area contributed by atoms with E-state index in [4.69, 9.17) is 16.3 Å². The van der Waals surface area contributed by atoms with Crippen LogP contribution < -0.4 is 10.1 Å². The summed E-state index contributed by atoms with van der Waals surface area (Å²) in [6.45, 7) is 11.2. The van der Waals surface area contributed by atoms with E-state index < -0.39 is 0 Å². The van der Waals surface area contributed by atoms with Crippen molar-refractivity contribution in [3.8, 4) is 5.75 Å². The summed E-state index contributed by atoms with van der Waals surface area (Å²) < 4.78 is 5.36. The maximum atomic E-state index is 6.03. The van der Waals surface area contributed by atoms with Crippen LogP contribution >= 0.6 is 11.6 Å². The molecule has 19 heavy (non-hydrogen) atoms. The van der Waals surface area contributed by atoms with Gasteiger partial charge in [-0.05, 0) is 41.5 Å². The maximum absolute atomic E-state index is 6.03. The molecule has 0 amide bonds. The SMILES string of the molecule is COc1ccc(Cl)cc1CNCC1C(C)(C)C1(C)C. The summed E-state index contributed by atoms with van der Waals surface area (Å²) in [7, 11) is 1.69. The fourth-order valence-electron chi connectivity index (χ4n) is 3.08. The van der Waals surface area contributed by atoms with Crippen LogP contribution in [0.2, 0.25) is 5.02 Å². The summed E-state index contributed by atoms with van der Waals surface area (Å²) in [4.78, 5) is 0. The summed E-state index contributed by atoms with van der Waals surface area (Å²) in [6.07, 6.45) is 0. The highest BCUT2D eigenvalue weighted by atomic mass is 35.5. The van der Waals surface area contributed by atoms with Crippen LogP contribution in [0.4, 0.5) is 0 Å². The molecule has 2 rings (SSSR count). The fourth-order valence-corrected chi connectivity index (χ4v) is 3.27. The number of rotatable bonds is 5. The van der Waals surface area contributed by atoms with Crippen molar-refractivity contribution in [2.45, 2.75) is 34.2 Å². The number of methoxy groups -OCH3 is 1. The zero-order valence-electron chi connectivity index (χ0n) is 12.5. The molecular weight excluding hydrogens is 258 g/mol. The summed E-state index contributed by atoms with van der Waals surface area (Å²) >= 11 is 6.03. The maximum Gasteiger partial charge on any atom is 0.123 e. The first kappa shape index (κ1) is 14.7. The average molecular weight is 282 g/mol. The van der Waals surface area contributed by atoms with Crippen LogP contribution in [-0.2, 0) is 6.54 Å². The smallest absolute Gasteiger partial charge is 0.123 e. The lowest BCUT2D eigenvalue weighted by Crippen LogP contribution is -2.19. The lowest BCUT2D eigenvalue weighted by Gasteiger charge is -2.11. The molecule has 0 unspecified atom stereocenters. The van der Waals surface area contributed by atoms with Gasteiger partial charge >= 0.3 is 0 Å². The standard InChI is InChI=1S/C16H24ClNO/c1-15(2)14(16(15,3)4)10-18-9-11-8-12(17)6-7-13(11)19-5/h6-8,14,18H,9-10H2,1-5H3. The minimum absolute atomic E-state index is 0.429. The predicted molar refractivity (Wildman–Crippen MR) is 80.8 cm³/mol. The molecule has 0 radical (unpaired) electrons. The second kappa shape index (κ2) is 4.99. The molecule has 0 heterocycles. The van der Waals surface area contributed by atoms with Gasteiger partial charge in [-0.15, -0.1) is 0 Å². The van der Waals surface area contributed by atoms with Gasteiger partial charge in [0.15, 0.2) is 0 Å². The van der Waals surface area contributed by atoms with Crippen molar-refractivity contribution in [1.82, 2.24) is 5.32 Å². The van der Waals surface area contributed by atoms with Gasteiger partial charge in [-0.1, -0.05) is 39.3 Å². The van der Waals surface area contributed by atoms with Gasteiger partial charge in [-0.2, -0.15) is 0 Å². The van der Waals surface area contributed by atoms with Gasteiger partial charge in [0, 0.05) is 17.1 Å². The van der Waals surface area contributed by atoms with E-state index in [-0.39, 0.29) is 0 Å². The first-order valence-electron chi connectivity index (χ1n) is 6.84. The van der Waals surface area contributed by atoms with Crippen LogP contribution in [0.25, 0.3) is 0 Å². The molecule has 1 aromatic carbocycles. The highest BCUT2D eigenvalue weighted by Gasteiger charge is 2.63. The van der Waals surface area contributed by atoms with E-state index in [1.54, 1.807) is 7.11 Å². The first-order valence-corrected chi connectivity index (χ1v) is 7.21. The van der Waals surface area contributed by atoms with Crippen molar-refractivity contribution >= 4 is 11.6 Å². The number of benzene rings is 1. The van der Waals surface area contributed by atoms with Crippen LogP contribution in [0, 0.1) is 16.7 Å². The average Bonchev–Trinajstić information content (AvgIpc) is 2.71. The van der Waals surface area contributed by atoms with Gasteiger partial charge in [0.05, 0.1) is 7.11 Å². The Kier molecular flexibility index (Phi) is 3.85. The van der Waals surface area contributed by atoms with E-state index in [1.807, 2.05) is 18.2 Å². The Morgan fingerprint density at radius 2 is 1.84 bits per heavy atom. The second-order valence-corrected chi connectivity index (χ2v) is 7.02. The van der Waals surface area contributed by atoms with E-state index in [0.717, 1.165) is 35.3 Å². The summed E-state index contributed by atoms with van der Waals surface area (Å²) in [5, 5.41) is 4.29. The molecule has 1 saturated carbocycles. The summed E-state index contributed by atoms with van der Waals surface area (Å²) in [6, 6.07) is 5.75. The van der Waals surface area contributed by atoms with Crippen molar-refractivity contribution in [1.29, 1.82) is 0 Å². The Hall–Kier alpha value is -0.730. The third-order valence-corrected chi connectivity index (χ3v) is 5.46. The molecule has 0 bridgehead atoms. The number of nitrogens with one attached hydrogen (secondary N) is 1. The Bertz CT molecular complexity index is 454. The molecule has 1 aromatic rings. The summed E-state index contributed by atoms with van der Waals surface area (Å²) in [5.41, 5.74) is 1.97. The molecule has 0 atom stereocenters. The molecule has 1 aliphatic rings. The Labute approximate surface area is 121 Å². The lowest BCUT2D eigenvalue weighted by molar-refractivity contribution is 0.406. The van der Waals surface area contributed by atoms with E-state index in [0.29, 0.717) is 10.8 Å². The number of hydrogen-bond donors (Lipinski definition) is 1. The van der Waals surface area contributed by atoms with Crippen molar-refractivity contribution < 1.29 is 4.74 Å². The number of ether oxygens (including phenoxy) is 1. The van der Waals surface area contributed by atoms with Gasteiger partial charge < -0.3 is 10.1 Å². The van der Waals surface area contributed by atoms with Gasteiger partial charge in [-0.3, -0.25) is 0 Å². The van der Waals surface area contributed by atoms with Crippen LogP contribution in [0.3, 0.4) is 0 Å². The lowest BCUT2D eigenvalue weighted by atomic mass is 10.0. The fraction of sp³-hybridized carbons (Fsp3) is 0.625. The third-order valence-electron chi connectivity index (χ3n) is 5.23. The molecule has 106 valence electrons.